The van der Waals surface area contributed by atoms with Crippen LogP contribution in [-0.2, 0) is 11.2 Å². The van der Waals surface area contributed by atoms with E-state index in [0.717, 1.165) is 19.3 Å². The molecule has 0 saturated carbocycles. The van der Waals surface area contributed by atoms with Crippen LogP contribution in [-0.4, -0.2) is 12.5 Å². The molecule has 0 aliphatic heterocycles. The van der Waals surface area contributed by atoms with Crippen LogP contribution in [0.25, 0.3) is 0 Å². The van der Waals surface area contributed by atoms with E-state index in [4.69, 9.17) is 5.26 Å². The lowest BCUT2D eigenvalue weighted by Gasteiger charge is -2.09. The number of nitrogens with zero attached hydrogens (tertiary/aromatic N) is 1. The molecule has 3 heteroatoms. The van der Waals surface area contributed by atoms with Crippen molar-refractivity contribution in [3.63, 3.8) is 0 Å². The van der Waals surface area contributed by atoms with Gasteiger partial charge in [-0.05, 0) is 24.8 Å². The van der Waals surface area contributed by atoms with Crippen molar-refractivity contribution < 1.29 is 4.79 Å². The molecule has 0 aliphatic carbocycles. The Balaban J connectivity index is 2.22. The van der Waals surface area contributed by atoms with Gasteiger partial charge in [0.15, 0.2) is 0 Å². The fraction of sp³-hybridized carbons (Fsp3) is 0.467. The summed E-state index contributed by atoms with van der Waals surface area (Å²) in [5, 5.41) is 11.7. The maximum absolute atomic E-state index is 11.6. The van der Waals surface area contributed by atoms with Gasteiger partial charge in [-0.15, -0.1) is 0 Å². The quantitative estimate of drug-likeness (QED) is 0.750. The number of benzene rings is 1. The van der Waals surface area contributed by atoms with Crippen molar-refractivity contribution in [1.82, 2.24) is 5.32 Å². The molecular weight excluding hydrogens is 224 g/mol. The lowest BCUT2D eigenvalue weighted by molar-refractivity contribution is -0.123. The summed E-state index contributed by atoms with van der Waals surface area (Å²) >= 11 is 0. The summed E-state index contributed by atoms with van der Waals surface area (Å²) in [6, 6.07) is 12.2. The highest BCUT2D eigenvalue weighted by atomic mass is 16.1. The molecule has 3 nitrogen and oxygen atoms in total. The molecule has 1 atom stereocenters. The van der Waals surface area contributed by atoms with Crippen LogP contribution in [0, 0.1) is 17.2 Å². The molecule has 0 radical (unpaired) electrons. The van der Waals surface area contributed by atoms with Gasteiger partial charge in [-0.25, -0.2) is 0 Å². The van der Waals surface area contributed by atoms with Gasteiger partial charge in [-0.3, -0.25) is 4.79 Å². The summed E-state index contributed by atoms with van der Waals surface area (Å²) in [5.74, 6) is -0.626. The molecule has 18 heavy (non-hydrogen) atoms. The van der Waals surface area contributed by atoms with Crippen LogP contribution in [0.4, 0.5) is 0 Å². The molecule has 0 fully saturated rings. The third-order valence-electron chi connectivity index (χ3n) is 2.83. The first-order valence-corrected chi connectivity index (χ1v) is 6.49. The van der Waals surface area contributed by atoms with Crippen LogP contribution in [0.5, 0.6) is 0 Å². The van der Waals surface area contributed by atoms with Gasteiger partial charge in [0, 0.05) is 6.54 Å². The van der Waals surface area contributed by atoms with Gasteiger partial charge in [0.25, 0.3) is 0 Å². The predicted octanol–water partition coefficient (Wildman–Crippen LogP) is 2.68. The number of hydrogen-bond acceptors (Lipinski definition) is 2. The van der Waals surface area contributed by atoms with Crippen molar-refractivity contribution in [2.24, 2.45) is 5.92 Å². The Morgan fingerprint density at radius 1 is 1.39 bits per heavy atom. The summed E-state index contributed by atoms with van der Waals surface area (Å²) in [7, 11) is 0. The van der Waals surface area contributed by atoms with Crippen molar-refractivity contribution >= 4 is 5.91 Å². The predicted molar refractivity (Wildman–Crippen MR) is 71.8 cm³/mol. The van der Waals surface area contributed by atoms with E-state index < -0.39 is 5.92 Å². The molecule has 1 aromatic rings. The van der Waals surface area contributed by atoms with Crippen LogP contribution in [0.15, 0.2) is 30.3 Å². The summed E-state index contributed by atoms with van der Waals surface area (Å²) in [5.41, 5.74) is 1.28. The van der Waals surface area contributed by atoms with Gasteiger partial charge < -0.3 is 5.32 Å². The molecule has 0 aliphatic rings. The zero-order valence-electron chi connectivity index (χ0n) is 10.9. The summed E-state index contributed by atoms with van der Waals surface area (Å²) < 4.78 is 0. The Morgan fingerprint density at radius 2 is 2.11 bits per heavy atom. The van der Waals surface area contributed by atoms with Crippen LogP contribution >= 0.6 is 0 Å². The van der Waals surface area contributed by atoms with Crippen molar-refractivity contribution in [2.45, 2.75) is 32.6 Å². The van der Waals surface area contributed by atoms with Crippen molar-refractivity contribution in [3.8, 4) is 6.07 Å². The van der Waals surface area contributed by atoms with E-state index in [2.05, 4.69) is 17.4 Å². The second-order valence-corrected chi connectivity index (χ2v) is 4.35. The van der Waals surface area contributed by atoms with Crippen LogP contribution in [0.2, 0.25) is 0 Å². The third kappa shape index (κ3) is 5.01. The zero-order valence-corrected chi connectivity index (χ0v) is 10.9. The molecule has 0 saturated heterocycles. The van der Waals surface area contributed by atoms with Crippen LogP contribution in [0.1, 0.15) is 31.7 Å². The molecule has 0 aromatic heterocycles. The van der Waals surface area contributed by atoms with E-state index >= 15 is 0 Å². The molecule has 0 bridgehead atoms. The Hall–Kier alpha value is -1.82. The maximum Gasteiger partial charge on any atom is 0.237 e. The van der Waals surface area contributed by atoms with Crippen LogP contribution < -0.4 is 5.32 Å². The largest absolute Gasteiger partial charge is 0.355 e. The second-order valence-electron chi connectivity index (χ2n) is 4.35. The Labute approximate surface area is 109 Å². The van der Waals surface area contributed by atoms with Crippen molar-refractivity contribution in [2.75, 3.05) is 6.54 Å². The first kappa shape index (κ1) is 14.2. The number of carbonyl (C=O) groups is 1. The first-order chi connectivity index (χ1) is 8.77. The SMILES string of the molecule is CCCC(C#N)C(=O)NCCCc1ccccc1. The monoisotopic (exact) mass is 244 g/mol. The average molecular weight is 244 g/mol. The van der Waals surface area contributed by atoms with E-state index in [1.54, 1.807) is 0 Å². The minimum absolute atomic E-state index is 0.132. The van der Waals surface area contributed by atoms with Crippen LogP contribution in [0.3, 0.4) is 0 Å². The lowest BCUT2D eigenvalue weighted by Crippen LogP contribution is -2.30. The number of rotatable bonds is 7. The van der Waals surface area contributed by atoms with Gasteiger partial charge in [-0.1, -0.05) is 43.7 Å². The van der Waals surface area contributed by atoms with E-state index in [1.165, 1.54) is 5.56 Å². The van der Waals surface area contributed by atoms with Crippen molar-refractivity contribution in [3.05, 3.63) is 35.9 Å². The highest BCUT2D eigenvalue weighted by Crippen LogP contribution is 2.05. The van der Waals surface area contributed by atoms with E-state index in [0.29, 0.717) is 13.0 Å². The normalized spacial score (nSPS) is 11.6. The van der Waals surface area contributed by atoms with Gasteiger partial charge in [0.05, 0.1) is 6.07 Å². The molecular formula is C15H20N2O. The number of nitriles is 1. The Morgan fingerprint density at radius 3 is 2.72 bits per heavy atom. The second kappa shape index (κ2) is 8.30. The molecule has 1 unspecified atom stereocenters. The maximum atomic E-state index is 11.6. The molecule has 1 rings (SSSR count). The number of carbonyl (C=O) groups excluding carboxylic acids is 1. The minimum Gasteiger partial charge on any atom is -0.355 e. The first-order valence-electron chi connectivity index (χ1n) is 6.49. The fourth-order valence-electron chi connectivity index (χ4n) is 1.81. The minimum atomic E-state index is -0.494. The van der Waals surface area contributed by atoms with Gasteiger partial charge in [0.2, 0.25) is 5.91 Å². The molecule has 0 heterocycles. The molecule has 1 N–H and O–H groups in total. The molecule has 0 spiro atoms. The van der Waals surface area contributed by atoms with Gasteiger partial charge in [-0.2, -0.15) is 5.26 Å². The number of hydrogen-bond donors (Lipinski definition) is 1. The molecule has 96 valence electrons. The number of amides is 1. The lowest BCUT2D eigenvalue weighted by atomic mass is 10.0. The Bertz CT molecular complexity index is 395. The summed E-state index contributed by atoms with van der Waals surface area (Å²) in [6.07, 6.45) is 3.35. The third-order valence-corrected chi connectivity index (χ3v) is 2.83. The standard InChI is InChI=1S/C15H20N2O/c1-2-7-14(12-16)15(18)17-11-6-10-13-8-4-3-5-9-13/h3-5,8-9,14H,2,6-7,10-11H2,1H3,(H,17,18). The zero-order chi connectivity index (χ0) is 13.2. The molecule has 1 aromatic carbocycles. The fourth-order valence-corrected chi connectivity index (χ4v) is 1.81. The average Bonchev–Trinajstić information content (AvgIpc) is 2.42. The van der Waals surface area contributed by atoms with Gasteiger partial charge in [0.1, 0.15) is 5.92 Å². The number of aryl methyl sites for hydroxylation is 1. The van der Waals surface area contributed by atoms with E-state index in [9.17, 15) is 4.79 Å². The highest BCUT2D eigenvalue weighted by Gasteiger charge is 2.15. The van der Waals surface area contributed by atoms with Gasteiger partial charge >= 0.3 is 0 Å². The van der Waals surface area contributed by atoms with Crippen molar-refractivity contribution in [1.29, 1.82) is 5.26 Å². The topological polar surface area (TPSA) is 52.9 Å². The summed E-state index contributed by atoms with van der Waals surface area (Å²) in [4.78, 5) is 11.6. The highest BCUT2D eigenvalue weighted by molar-refractivity contribution is 5.80. The summed E-state index contributed by atoms with van der Waals surface area (Å²) in [6.45, 7) is 2.61. The van der Waals surface area contributed by atoms with E-state index in [1.807, 2.05) is 31.2 Å². The molecule has 1 amide bonds. The number of nitrogens with one attached hydrogen (secondary N) is 1. The Kier molecular flexibility index (Phi) is 6.56. The van der Waals surface area contributed by atoms with E-state index in [-0.39, 0.29) is 5.91 Å². The smallest absolute Gasteiger partial charge is 0.237 e.